The number of hydrogen-bond donors (Lipinski definition) is 0. The maximum Gasteiger partial charge on any atom is 0.122 e. The van der Waals surface area contributed by atoms with E-state index in [-0.39, 0.29) is 5.54 Å². The summed E-state index contributed by atoms with van der Waals surface area (Å²) in [6, 6.07) is 0. The minimum absolute atomic E-state index is 0.129. The fourth-order valence-corrected chi connectivity index (χ4v) is 5.70. The number of nitrogens with zero attached hydrogens (tertiary/aromatic N) is 3. The van der Waals surface area contributed by atoms with E-state index in [0.717, 1.165) is 45.7 Å². The quantitative estimate of drug-likeness (QED) is 0.290. The van der Waals surface area contributed by atoms with Gasteiger partial charge in [0.15, 0.2) is 0 Å². The van der Waals surface area contributed by atoms with Crippen molar-refractivity contribution in [1.82, 2.24) is 14.7 Å². The Labute approximate surface area is 249 Å². The minimum Gasteiger partial charge on any atom is -0.379 e. The van der Waals surface area contributed by atoms with Gasteiger partial charge in [-0.1, -0.05) is 20.8 Å². The smallest absolute Gasteiger partial charge is 0.122 e. The van der Waals surface area contributed by atoms with E-state index in [1.807, 2.05) is 0 Å². The summed E-state index contributed by atoms with van der Waals surface area (Å²) in [5, 5.41) is 0. The highest BCUT2D eigenvalue weighted by Crippen LogP contribution is 2.49. The highest BCUT2D eigenvalue weighted by molar-refractivity contribution is 4.96. The van der Waals surface area contributed by atoms with Crippen LogP contribution in [0.15, 0.2) is 0 Å². The molecule has 6 heteroatoms. The topological polar surface area (TPSA) is 19.0 Å². The van der Waals surface area contributed by atoms with Crippen molar-refractivity contribution in [2.45, 2.75) is 157 Å². The second-order valence-electron chi connectivity index (χ2n) is 17.3. The van der Waals surface area contributed by atoms with E-state index in [0.29, 0.717) is 35.4 Å². The van der Waals surface area contributed by atoms with Gasteiger partial charge in [-0.15, -0.1) is 0 Å². The molecule has 0 radical (unpaired) electrons. The van der Waals surface area contributed by atoms with E-state index in [9.17, 15) is 8.78 Å². The van der Waals surface area contributed by atoms with Gasteiger partial charge in [0.05, 0.1) is 13.2 Å². The number of ether oxygens (including phenoxy) is 1. The number of halogens is 2. The SMILES string of the molecule is CC(C)(C)N1CCCC1.CC(C)(C)N1CCOCC1.CC1(F)CC(C(C)(C)C)C1.CC1(F)CCN(C(C)(C)C)C1. The first-order valence-corrected chi connectivity index (χ1v) is 16.0. The van der Waals surface area contributed by atoms with Crippen LogP contribution in [-0.2, 0) is 4.74 Å². The predicted molar refractivity (Wildman–Crippen MR) is 170 cm³/mol. The predicted octanol–water partition coefficient (Wildman–Crippen LogP) is 8.39. The van der Waals surface area contributed by atoms with Crippen LogP contribution in [-0.4, -0.2) is 95.1 Å². The number of likely N-dealkylation sites (tertiary alicyclic amines) is 2. The molecule has 3 aliphatic heterocycles. The first-order valence-electron chi connectivity index (χ1n) is 16.0. The van der Waals surface area contributed by atoms with Gasteiger partial charge in [0, 0.05) is 42.8 Å². The zero-order valence-corrected chi connectivity index (χ0v) is 29.3. The van der Waals surface area contributed by atoms with Crippen LogP contribution in [0, 0.1) is 11.3 Å². The minimum atomic E-state index is -0.951. The molecule has 1 aliphatic carbocycles. The zero-order valence-electron chi connectivity index (χ0n) is 29.3. The molecule has 0 aromatic heterocycles. The van der Waals surface area contributed by atoms with Gasteiger partial charge in [-0.2, -0.15) is 0 Å². The lowest BCUT2D eigenvalue weighted by Crippen LogP contribution is -2.47. The Morgan fingerprint density at radius 2 is 0.975 bits per heavy atom. The molecule has 0 amide bonds. The van der Waals surface area contributed by atoms with Crippen LogP contribution in [0.3, 0.4) is 0 Å². The number of morpholine rings is 1. The summed E-state index contributed by atoms with van der Waals surface area (Å²) in [4.78, 5) is 7.20. The van der Waals surface area contributed by atoms with Crippen molar-refractivity contribution in [2.24, 2.45) is 11.3 Å². The summed E-state index contributed by atoms with van der Waals surface area (Å²) >= 11 is 0. The van der Waals surface area contributed by atoms with Crippen molar-refractivity contribution < 1.29 is 13.5 Å². The Morgan fingerprint density at radius 3 is 1.18 bits per heavy atom. The molecule has 4 rings (SSSR count). The van der Waals surface area contributed by atoms with E-state index >= 15 is 0 Å². The molecule has 1 atom stereocenters. The summed E-state index contributed by atoms with van der Waals surface area (Å²) < 4.78 is 31.6. The second-order valence-corrected chi connectivity index (χ2v) is 17.3. The molecular weight excluding hydrogens is 504 g/mol. The molecule has 4 fully saturated rings. The van der Waals surface area contributed by atoms with E-state index in [1.165, 1.54) is 25.9 Å². The Bertz CT molecular complexity index is 705. The monoisotopic (exact) mass is 574 g/mol. The van der Waals surface area contributed by atoms with Gasteiger partial charge in [-0.3, -0.25) is 14.7 Å². The Morgan fingerprint density at radius 1 is 0.575 bits per heavy atom. The van der Waals surface area contributed by atoms with Gasteiger partial charge in [-0.25, -0.2) is 8.78 Å². The summed E-state index contributed by atoms with van der Waals surface area (Å²) in [6.07, 6.45) is 5.01. The third kappa shape index (κ3) is 14.2. The third-order valence-electron chi connectivity index (χ3n) is 8.96. The van der Waals surface area contributed by atoms with E-state index in [4.69, 9.17) is 4.74 Å². The zero-order chi connectivity index (χ0) is 31.2. The Kier molecular flexibility index (Phi) is 13.6. The highest BCUT2D eigenvalue weighted by atomic mass is 19.1. The molecule has 4 aliphatic rings. The first-order chi connectivity index (χ1) is 17.8. The average molecular weight is 574 g/mol. The molecule has 0 bridgehead atoms. The van der Waals surface area contributed by atoms with Crippen LogP contribution in [0.4, 0.5) is 8.78 Å². The molecule has 0 spiro atoms. The van der Waals surface area contributed by atoms with Crippen LogP contribution in [0.2, 0.25) is 0 Å². The Hall–Kier alpha value is -0.300. The van der Waals surface area contributed by atoms with Crippen molar-refractivity contribution in [1.29, 1.82) is 0 Å². The first kappa shape index (κ1) is 37.7. The van der Waals surface area contributed by atoms with E-state index in [1.54, 1.807) is 13.8 Å². The summed E-state index contributed by atoms with van der Waals surface area (Å²) in [7, 11) is 0. The fraction of sp³-hybridized carbons (Fsp3) is 1.00. The maximum absolute atomic E-state index is 13.3. The van der Waals surface area contributed by atoms with Gasteiger partial charge < -0.3 is 4.74 Å². The summed E-state index contributed by atoms with van der Waals surface area (Å²) in [5.41, 5.74) is -0.624. The maximum atomic E-state index is 13.3. The third-order valence-corrected chi connectivity index (χ3v) is 8.96. The molecule has 0 aromatic rings. The highest BCUT2D eigenvalue weighted by Gasteiger charge is 2.45. The molecule has 1 unspecified atom stereocenters. The molecule has 3 saturated heterocycles. The van der Waals surface area contributed by atoms with Crippen LogP contribution in [0.25, 0.3) is 0 Å². The molecule has 1 saturated carbocycles. The van der Waals surface area contributed by atoms with Crippen LogP contribution in [0.5, 0.6) is 0 Å². The largest absolute Gasteiger partial charge is 0.379 e. The number of rotatable bonds is 0. The Balaban J connectivity index is 0.000000267. The van der Waals surface area contributed by atoms with Crippen LogP contribution < -0.4 is 0 Å². The van der Waals surface area contributed by atoms with Gasteiger partial charge in [-0.05, 0) is 133 Å². The van der Waals surface area contributed by atoms with Crippen LogP contribution >= 0.6 is 0 Å². The molecule has 3 heterocycles. The van der Waals surface area contributed by atoms with E-state index < -0.39 is 11.3 Å². The normalized spacial score (nSPS) is 30.8. The lowest BCUT2D eigenvalue weighted by molar-refractivity contribution is -0.0289. The summed E-state index contributed by atoms with van der Waals surface area (Å²) in [6.45, 7) is 38.1. The van der Waals surface area contributed by atoms with Crippen molar-refractivity contribution in [3.8, 4) is 0 Å². The van der Waals surface area contributed by atoms with E-state index in [2.05, 4.69) is 97.8 Å². The lowest BCUT2D eigenvalue weighted by Gasteiger charge is -2.46. The lowest BCUT2D eigenvalue weighted by atomic mass is 9.62. The molecule has 40 heavy (non-hydrogen) atoms. The van der Waals surface area contributed by atoms with Crippen molar-refractivity contribution >= 4 is 0 Å². The molecule has 0 N–H and O–H groups in total. The van der Waals surface area contributed by atoms with Crippen molar-refractivity contribution in [3.63, 3.8) is 0 Å². The molecule has 240 valence electrons. The average Bonchev–Trinajstić information content (AvgIpc) is 3.42. The molecule has 4 nitrogen and oxygen atoms in total. The molecular formula is C34H69F2N3O. The van der Waals surface area contributed by atoms with Crippen LogP contribution in [0.1, 0.15) is 129 Å². The second kappa shape index (κ2) is 14.4. The van der Waals surface area contributed by atoms with Gasteiger partial charge in [0.25, 0.3) is 0 Å². The molecule has 0 aromatic carbocycles. The van der Waals surface area contributed by atoms with Gasteiger partial charge in [0.2, 0.25) is 0 Å². The standard InChI is InChI=1S/C9H18FN.C9H17F.C8H17NO.C8H17N/c1-8(2,3)11-6-5-9(4,10)7-11;1-8(2,3)7-5-9(4,10)6-7;1-8(2,3)9-4-6-10-7-5-9;1-8(2,3)9-6-4-5-7-9/h5-7H2,1-4H3;7H,5-6H2,1-4H3;4-7H2,1-3H3;4-7H2,1-3H3. The fourth-order valence-electron chi connectivity index (χ4n) is 5.70. The van der Waals surface area contributed by atoms with Crippen molar-refractivity contribution in [3.05, 3.63) is 0 Å². The number of alkyl halides is 2. The summed E-state index contributed by atoms with van der Waals surface area (Å²) in [5.74, 6) is 0.600. The van der Waals surface area contributed by atoms with Gasteiger partial charge >= 0.3 is 0 Å². The number of hydrogen-bond acceptors (Lipinski definition) is 4. The van der Waals surface area contributed by atoms with Gasteiger partial charge in [0.1, 0.15) is 11.3 Å². The van der Waals surface area contributed by atoms with Crippen molar-refractivity contribution in [2.75, 3.05) is 52.5 Å².